The minimum absolute atomic E-state index is 0.283. The summed E-state index contributed by atoms with van der Waals surface area (Å²) in [6.45, 7) is 10.00. The zero-order chi connectivity index (χ0) is 18.6. The Morgan fingerprint density at radius 1 is 1.04 bits per heavy atom. The van der Waals surface area contributed by atoms with Crippen LogP contribution in [0.5, 0.6) is 0 Å². The molecule has 0 atom stereocenters. The van der Waals surface area contributed by atoms with Gasteiger partial charge in [-0.25, -0.2) is 4.79 Å². The van der Waals surface area contributed by atoms with Crippen LogP contribution in [0.15, 0.2) is 30.3 Å². The highest BCUT2D eigenvalue weighted by Crippen LogP contribution is 2.32. The number of esters is 1. The quantitative estimate of drug-likeness (QED) is 0.730. The summed E-state index contributed by atoms with van der Waals surface area (Å²) in [4.78, 5) is 25.8. The number of thiophene rings is 1. The number of rotatable bonds is 6. The van der Waals surface area contributed by atoms with E-state index < -0.39 is 5.97 Å². The van der Waals surface area contributed by atoms with Crippen LogP contribution < -0.4 is 5.32 Å². The maximum absolute atomic E-state index is 12.3. The van der Waals surface area contributed by atoms with Crippen molar-refractivity contribution in [1.29, 1.82) is 0 Å². The molecule has 0 unspecified atom stereocenters. The third-order valence-corrected chi connectivity index (χ3v) is 4.89. The molecule has 0 radical (unpaired) electrons. The van der Waals surface area contributed by atoms with E-state index in [4.69, 9.17) is 4.74 Å². The van der Waals surface area contributed by atoms with Crippen molar-refractivity contribution < 1.29 is 14.3 Å². The van der Waals surface area contributed by atoms with E-state index in [-0.39, 0.29) is 24.3 Å². The molecule has 5 heteroatoms. The van der Waals surface area contributed by atoms with E-state index in [1.54, 1.807) is 6.07 Å². The first kappa shape index (κ1) is 19.2. The number of benzene rings is 1. The number of para-hydroxylation sites is 1. The van der Waals surface area contributed by atoms with Crippen molar-refractivity contribution in [2.24, 2.45) is 0 Å². The van der Waals surface area contributed by atoms with E-state index in [0.29, 0.717) is 4.88 Å². The van der Waals surface area contributed by atoms with E-state index in [2.05, 4.69) is 33.0 Å². The molecule has 0 aliphatic rings. The zero-order valence-electron chi connectivity index (χ0n) is 15.4. The number of carbonyl (C=O) groups excluding carboxylic acids is 2. The van der Waals surface area contributed by atoms with Crippen molar-refractivity contribution in [2.75, 3.05) is 11.9 Å². The van der Waals surface area contributed by atoms with Gasteiger partial charge in [0.15, 0.2) is 6.61 Å². The van der Waals surface area contributed by atoms with Gasteiger partial charge < -0.3 is 10.1 Å². The lowest BCUT2D eigenvalue weighted by atomic mass is 9.92. The number of nitrogens with one attached hydrogen (secondary N) is 1. The van der Waals surface area contributed by atoms with Crippen LogP contribution >= 0.6 is 11.3 Å². The lowest BCUT2D eigenvalue weighted by molar-refractivity contribution is -0.119. The summed E-state index contributed by atoms with van der Waals surface area (Å²) in [5, 5.41) is 2.94. The largest absolute Gasteiger partial charge is 0.451 e. The molecule has 4 nitrogen and oxygen atoms in total. The topological polar surface area (TPSA) is 55.4 Å². The Morgan fingerprint density at radius 2 is 1.64 bits per heavy atom. The van der Waals surface area contributed by atoms with Crippen LogP contribution in [0.4, 0.5) is 5.69 Å². The van der Waals surface area contributed by atoms with Crippen molar-refractivity contribution in [3.8, 4) is 0 Å². The third kappa shape index (κ3) is 4.92. The number of amides is 1. The smallest absolute Gasteiger partial charge is 0.348 e. The highest BCUT2D eigenvalue weighted by atomic mass is 32.1. The van der Waals surface area contributed by atoms with Crippen LogP contribution in [0.25, 0.3) is 0 Å². The van der Waals surface area contributed by atoms with E-state index >= 15 is 0 Å². The number of aryl methyl sites for hydroxylation is 1. The van der Waals surface area contributed by atoms with Gasteiger partial charge in [-0.2, -0.15) is 0 Å². The Balaban J connectivity index is 2.08. The van der Waals surface area contributed by atoms with Crippen LogP contribution in [-0.4, -0.2) is 18.5 Å². The normalized spacial score (nSPS) is 11.0. The fraction of sp³-hybridized carbons (Fsp3) is 0.400. The first-order valence-electron chi connectivity index (χ1n) is 8.45. The van der Waals surface area contributed by atoms with E-state index in [1.165, 1.54) is 11.3 Å². The molecule has 1 N–H and O–H groups in total. The Hall–Kier alpha value is -2.14. The monoisotopic (exact) mass is 359 g/mol. The van der Waals surface area contributed by atoms with Crippen LogP contribution in [0.1, 0.15) is 65.2 Å². The predicted octanol–water partition coefficient (Wildman–Crippen LogP) is 5.10. The average molecular weight is 359 g/mol. The first-order chi connectivity index (χ1) is 11.8. The van der Waals surface area contributed by atoms with Crippen LogP contribution in [0, 0.1) is 6.92 Å². The van der Waals surface area contributed by atoms with Gasteiger partial charge in [0.05, 0.1) is 0 Å². The maximum atomic E-state index is 12.3. The van der Waals surface area contributed by atoms with Gasteiger partial charge in [0, 0.05) is 10.6 Å². The van der Waals surface area contributed by atoms with Gasteiger partial charge in [-0.1, -0.05) is 45.9 Å². The van der Waals surface area contributed by atoms with Crippen LogP contribution in [-0.2, 0) is 9.53 Å². The fourth-order valence-electron chi connectivity index (χ4n) is 2.62. The number of anilines is 1. The Morgan fingerprint density at radius 3 is 2.12 bits per heavy atom. The van der Waals surface area contributed by atoms with Crippen molar-refractivity contribution in [3.63, 3.8) is 0 Å². The second-order valence-electron chi connectivity index (χ2n) is 6.66. The second-order valence-corrected chi connectivity index (χ2v) is 7.94. The highest BCUT2D eigenvalue weighted by molar-refractivity contribution is 7.13. The number of carbonyl (C=O) groups is 2. The number of hydrogen-bond donors (Lipinski definition) is 1. The lowest BCUT2D eigenvalue weighted by Crippen LogP contribution is -2.22. The van der Waals surface area contributed by atoms with Crippen molar-refractivity contribution in [1.82, 2.24) is 0 Å². The summed E-state index contributed by atoms with van der Waals surface area (Å²) >= 11 is 1.36. The van der Waals surface area contributed by atoms with E-state index in [9.17, 15) is 9.59 Å². The molecule has 0 saturated heterocycles. The van der Waals surface area contributed by atoms with E-state index in [1.807, 2.05) is 31.2 Å². The molecule has 1 heterocycles. The van der Waals surface area contributed by atoms with E-state index in [0.717, 1.165) is 21.7 Å². The molecule has 2 aromatic rings. The molecule has 0 aliphatic carbocycles. The van der Waals surface area contributed by atoms with Gasteiger partial charge in [0.25, 0.3) is 5.91 Å². The minimum atomic E-state index is -0.463. The molecule has 1 aromatic carbocycles. The Labute approximate surface area is 153 Å². The fourth-order valence-corrected chi connectivity index (χ4v) is 3.38. The summed E-state index contributed by atoms with van der Waals surface area (Å²) < 4.78 is 5.14. The average Bonchev–Trinajstić information content (AvgIpc) is 2.99. The predicted molar refractivity (Wildman–Crippen MR) is 103 cm³/mol. The van der Waals surface area contributed by atoms with Gasteiger partial charge in [0.1, 0.15) is 4.88 Å². The molecule has 0 fully saturated rings. The SMILES string of the molecule is Cc1ccc(C(=O)OCC(=O)Nc2c(C(C)C)cccc2C(C)C)s1. The lowest BCUT2D eigenvalue weighted by Gasteiger charge is -2.20. The minimum Gasteiger partial charge on any atom is -0.451 e. The Bertz CT molecular complexity index is 736. The maximum Gasteiger partial charge on any atom is 0.348 e. The van der Waals surface area contributed by atoms with Crippen molar-refractivity contribution in [2.45, 2.75) is 46.5 Å². The molecule has 134 valence electrons. The Kier molecular flexibility index (Phi) is 6.37. The zero-order valence-corrected chi connectivity index (χ0v) is 16.2. The summed E-state index contributed by atoms with van der Waals surface area (Å²) in [5.41, 5.74) is 3.00. The van der Waals surface area contributed by atoms with Crippen molar-refractivity contribution >= 4 is 28.9 Å². The van der Waals surface area contributed by atoms with Gasteiger partial charge in [-0.05, 0) is 42.0 Å². The third-order valence-electron chi connectivity index (χ3n) is 3.91. The number of hydrogen-bond acceptors (Lipinski definition) is 4. The molecule has 1 aromatic heterocycles. The second kappa shape index (κ2) is 8.30. The molecule has 0 spiro atoms. The number of ether oxygens (including phenoxy) is 1. The molecule has 0 bridgehead atoms. The van der Waals surface area contributed by atoms with Crippen molar-refractivity contribution in [3.05, 3.63) is 51.2 Å². The summed E-state index contributed by atoms with van der Waals surface area (Å²) in [6.07, 6.45) is 0. The first-order valence-corrected chi connectivity index (χ1v) is 9.27. The molecule has 2 rings (SSSR count). The molecule has 25 heavy (non-hydrogen) atoms. The van der Waals surface area contributed by atoms with Gasteiger partial charge in [0.2, 0.25) is 0 Å². The van der Waals surface area contributed by atoms with Gasteiger partial charge in [-0.3, -0.25) is 4.79 Å². The summed E-state index contributed by atoms with van der Waals surface area (Å²) in [7, 11) is 0. The van der Waals surface area contributed by atoms with Crippen LogP contribution in [0.2, 0.25) is 0 Å². The van der Waals surface area contributed by atoms with Gasteiger partial charge in [-0.15, -0.1) is 11.3 Å². The van der Waals surface area contributed by atoms with Crippen LogP contribution in [0.3, 0.4) is 0 Å². The van der Waals surface area contributed by atoms with Gasteiger partial charge >= 0.3 is 5.97 Å². The molecule has 0 aliphatic heterocycles. The summed E-state index contributed by atoms with van der Waals surface area (Å²) in [5.74, 6) is -0.220. The molecule has 1 amide bonds. The molecular weight excluding hydrogens is 334 g/mol. The standard InChI is InChI=1S/C20H25NO3S/c1-12(2)15-7-6-8-16(13(3)4)19(15)21-18(22)11-24-20(23)17-10-9-14(5)25-17/h6-10,12-13H,11H2,1-5H3,(H,21,22). The highest BCUT2D eigenvalue weighted by Gasteiger charge is 2.17. The molecule has 0 saturated carbocycles. The summed E-state index contributed by atoms with van der Waals surface area (Å²) in [6, 6.07) is 9.62. The molecular formula is C20H25NO3S.